The van der Waals surface area contributed by atoms with E-state index < -0.39 is 23.4 Å². The molecular formula is C5H11NO5. The van der Waals surface area contributed by atoms with Gasteiger partial charge in [0, 0.05) is 20.0 Å². The molecule has 0 bridgehead atoms. The third kappa shape index (κ3) is 2.41. The van der Waals surface area contributed by atoms with Crippen LogP contribution in [0.5, 0.6) is 0 Å². The van der Waals surface area contributed by atoms with Crippen LogP contribution >= 0.6 is 0 Å². The van der Waals surface area contributed by atoms with Crippen molar-refractivity contribution in [2.45, 2.75) is 25.2 Å². The molecule has 11 heavy (non-hydrogen) atoms. The maximum atomic E-state index is 10.1. The average molecular weight is 165 g/mol. The highest BCUT2D eigenvalue weighted by Crippen LogP contribution is 2.12. The van der Waals surface area contributed by atoms with Gasteiger partial charge >= 0.3 is 5.72 Å². The lowest BCUT2D eigenvalue weighted by molar-refractivity contribution is -0.632. The Morgan fingerprint density at radius 3 is 2.45 bits per heavy atom. The van der Waals surface area contributed by atoms with Gasteiger partial charge in [-0.1, -0.05) is 0 Å². The van der Waals surface area contributed by atoms with Gasteiger partial charge in [0.05, 0.1) is 4.92 Å². The minimum atomic E-state index is -2.37. The van der Waals surface area contributed by atoms with E-state index in [1.54, 1.807) is 0 Å². The Balaban J connectivity index is 4.17. The van der Waals surface area contributed by atoms with Crippen LogP contribution < -0.4 is 0 Å². The normalized spacial score (nSPS) is 18.9. The SMILES string of the molecule is CC(O)(C(O)CCO)[N+](=O)[O-]. The molecule has 2 unspecified atom stereocenters. The zero-order chi connectivity index (χ0) is 9.07. The molecule has 0 saturated carbocycles. The van der Waals surface area contributed by atoms with Crippen molar-refractivity contribution in [1.82, 2.24) is 0 Å². The lowest BCUT2D eigenvalue weighted by Gasteiger charge is -2.19. The lowest BCUT2D eigenvalue weighted by atomic mass is 10.1. The van der Waals surface area contributed by atoms with Crippen LogP contribution in [0.15, 0.2) is 0 Å². The maximum absolute atomic E-state index is 10.1. The molecule has 0 aromatic carbocycles. The molecule has 0 aliphatic heterocycles. The first-order valence-corrected chi connectivity index (χ1v) is 3.08. The summed E-state index contributed by atoms with van der Waals surface area (Å²) in [6, 6.07) is 0. The molecule has 0 radical (unpaired) electrons. The molecule has 0 aromatic heterocycles. The van der Waals surface area contributed by atoms with Crippen LogP contribution in [0, 0.1) is 10.1 Å². The van der Waals surface area contributed by atoms with E-state index in [2.05, 4.69) is 0 Å². The summed E-state index contributed by atoms with van der Waals surface area (Å²) in [4.78, 5) is 9.06. The Morgan fingerprint density at radius 2 is 2.18 bits per heavy atom. The highest BCUT2D eigenvalue weighted by molar-refractivity contribution is 4.69. The molecule has 6 heteroatoms. The second-order valence-electron chi connectivity index (χ2n) is 2.38. The Morgan fingerprint density at radius 1 is 1.73 bits per heavy atom. The fraction of sp³-hybridized carbons (Fsp3) is 1.00. The van der Waals surface area contributed by atoms with Gasteiger partial charge in [-0.05, 0) is 0 Å². The zero-order valence-corrected chi connectivity index (χ0v) is 6.10. The van der Waals surface area contributed by atoms with Gasteiger partial charge in [0.1, 0.15) is 0 Å². The van der Waals surface area contributed by atoms with Gasteiger partial charge < -0.3 is 15.3 Å². The standard InChI is InChI=1S/C5H11NO5/c1-5(9,6(10)11)4(8)2-3-7/h4,7-9H,2-3H2,1H3. The lowest BCUT2D eigenvalue weighted by Crippen LogP contribution is -2.46. The second-order valence-corrected chi connectivity index (χ2v) is 2.38. The van der Waals surface area contributed by atoms with Crippen molar-refractivity contribution < 1.29 is 20.2 Å². The molecule has 6 nitrogen and oxygen atoms in total. The molecule has 0 rings (SSSR count). The Hall–Kier alpha value is -0.720. The van der Waals surface area contributed by atoms with Gasteiger partial charge in [-0.15, -0.1) is 0 Å². The average Bonchev–Trinajstić information content (AvgIpc) is 1.88. The van der Waals surface area contributed by atoms with Gasteiger partial charge in [0.2, 0.25) is 0 Å². The van der Waals surface area contributed by atoms with E-state index in [0.29, 0.717) is 0 Å². The topological polar surface area (TPSA) is 104 Å². The molecule has 0 saturated heterocycles. The number of aliphatic hydroxyl groups is 3. The maximum Gasteiger partial charge on any atom is 0.345 e. The first-order chi connectivity index (χ1) is 4.92. The molecule has 0 heterocycles. The second kappa shape index (κ2) is 3.61. The van der Waals surface area contributed by atoms with Gasteiger partial charge in [-0.3, -0.25) is 10.1 Å². The zero-order valence-electron chi connectivity index (χ0n) is 6.10. The van der Waals surface area contributed by atoms with Crippen LogP contribution in [-0.2, 0) is 0 Å². The van der Waals surface area contributed by atoms with Crippen molar-refractivity contribution in [2.75, 3.05) is 6.61 Å². The van der Waals surface area contributed by atoms with Crippen molar-refractivity contribution in [3.8, 4) is 0 Å². The number of aliphatic hydroxyl groups excluding tert-OH is 2. The predicted octanol–water partition coefficient (Wildman–Crippen LogP) is -1.29. The van der Waals surface area contributed by atoms with Crippen molar-refractivity contribution in [3.05, 3.63) is 10.1 Å². The van der Waals surface area contributed by atoms with Crippen molar-refractivity contribution >= 4 is 0 Å². The molecule has 0 aliphatic rings. The molecule has 0 aliphatic carbocycles. The predicted molar refractivity (Wildman–Crippen MR) is 35.3 cm³/mol. The molecule has 3 N–H and O–H groups in total. The highest BCUT2D eigenvalue weighted by Gasteiger charge is 2.42. The number of hydrogen-bond acceptors (Lipinski definition) is 5. The summed E-state index contributed by atoms with van der Waals surface area (Å²) in [6.45, 7) is 0.485. The van der Waals surface area contributed by atoms with Crippen LogP contribution in [0.4, 0.5) is 0 Å². The minimum Gasteiger partial charge on any atom is -0.396 e. The highest BCUT2D eigenvalue weighted by atomic mass is 16.7. The summed E-state index contributed by atoms with van der Waals surface area (Å²) >= 11 is 0. The number of nitro groups is 1. The Bertz CT molecular complexity index is 146. The van der Waals surface area contributed by atoms with E-state index in [0.717, 1.165) is 6.92 Å². The summed E-state index contributed by atoms with van der Waals surface area (Å²) < 4.78 is 0. The summed E-state index contributed by atoms with van der Waals surface area (Å²) in [6.07, 6.45) is -1.75. The van der Waals surface area contributed by atoms with Crippen molar-refractivity contribution in [2.24, 2.45) is 0 Å². The van der Waals surface area contributed by atoms with E-state index in [1.807, 2.05) is 0 Å². The van der Waals surface area contributed by atoms with Crippen LogP contribution in [0.2, 0.25) is 0 Å². The van der Waals surface area contributed by atoms with Gasteiger partial charge in [-0.25, -0.2) is 0 Å². The summed E-state index contributed by atoms with van der Waals surface area (Å²) in [5, 5.41) is 36.2. The molecule has 0 spiro atoms. The fourth-order valence-corrected chi connectivity index (χ4v) is 0.517. The minimum absolute atomic E-state index is 0.214. The van der Waals surface area contributed by atoms with Crippen molar-refractivity contribution in [1.29, 1.82) is 0 Å². The van der Waals surface area contributed by atoms with E-state index in [-0.39, 0.29) is 6.42 Å². The quantitative estimate of drug-likeness (QED) is 0.273. The van der Waals surface area contributed by atoms with E-state index in [1.165, 1.54) is 0 Å². The number of rotatable bonds is 4. The molecule has 0 aromatic rings. The molecular weight excluding hydrogens is 154 g/mol. The third-order valence-corrected chi connectivity index (χ3v) is 1.40. The van der Waals surface area contributed by atoms with Gasteiger partial charge in [0.25, 0.3) is 0 Å². The van der Waals surface area contributed by atoms with Crippen LogP contribution in [0.1, 0.15) is 13.3 Å². The third-order valence-electron chi connectivity index (χ3n) is 1.40. The smallest absolute Gasteiger partial charge is 0.345 e. The Labute approximate surface area is 63.2 Å². The largest absolute Gasteiger partial charge is 0.396 e. The fourth-order valence-electron chi connectivity index (χ4n) is 0.517. The first-order valence-electron chi connectivity index (χ1n) is 3.08. The molecule has 2 atom stereocenters. The summed E-state index contributed by atoms with van der Waals surface area (Å²) in [5.41, 5.74) is -2.37. The molecule has 66 valence electrons. The van der Waals surface area contributed by atoms with Crippen molar-refractivity contribution in [3.63, 3.8) is 0 Å². The number of hydrogen-bond donors (Lipinski definition) is 3. The summed E-state index contributed by atoms with van der Waals surface area (Å²) in [7, 11) is 0. The van der Waals surface area contributed by atoms with Gasteiger partial charge in [0.15, 0.2) is 6.10 Å². The van der Waals surface area contributed by atoms with E-state index in [9.17, 15) is 10.1 Å². The molecule has 0 amide bonds. The van der Waals surface area contributed by atoms with Crippen LogP contribution in [0.25, 0.3) is 0 Å². The van der Waals surface area contributed by atoms with Gasteiger partial charge in [-0.2, -0.15) is 0 Å². The van der Waals surface area contributed by atoms with E-state index >= 15 is 0 Å². The molecule has 0 fully saturated rings. The monoisotopic (exact) mass is 165 g/mol. The first kappa shape index (κ1) is 10.3. The Kier molecular flexibility index (Phi) is 3.37. The van der Waals surface area contributed by atoms with Crippen LogP contribution in [-0.4, -0.2) is 38.7 Å². The van der Waals surface area contributed by atoms with Crippen LogP contribution in [0.3, 0.4) is 0 Å². The van der Waals surface area contributed by atoms with E-state index in [4.69, 9.17) is 15.3 Å². The summed E-state index contributed by atoms with van der Waals surface area (Å²) in [5.74, 6) is 0. The number of nitrogens with zero attached hydrogens (tertiary/aromatic N) is 1.